The number of carbonyl (C=O) groups excluding carboxylic acids is 2. The molecule has 0 aliphatic rings. The lowest BCUT2D eigenvalue weighted by Gasteiger charge is -2.00. The molecule has 6 heteroatoms. The first kappa shape index (κ1) is 14.4. The molecule has 0 spiro atoms. The molecular weight excluding hydrogens is 270 g/mol. The van der Waals surface area contributed by atoms with Crippen molar-refractivity contribution in [1.82, 2.24) is 10.4 Å². The number of amides is 1. The van der Waals surface area contributed by atoms with Gasteiger partial charge >= 0.3 is 5.97 Å². The van der Waals surface area contributed by atoms with Crippen molar-refractivity contribution in [2.75, 3.05) is 7.11 Å². The second-order valence-electron chi connectivity index (χ2n) is 4.05. The Morgan fingerprint density at radius 2 is 1.95 bits per heavy atom. The number of esters is 1. The van der Waals surface area contributed by atoms with E-state index in [1.54, 1.807) is 42.6 Å². The number of hydrogen-bond acceptors (Lipinski definition) is 5. The van der Waals surface area contributed by atoms with Crippen LogP contribution in [0.5, 0.6) is 0 Å². The number of hydrazone groups is 1. The molecule has 6 nitrogen and oxygen atoms in total. The van der Waals surface area contributed by atoms with Gasteiger partial charge in [0, 0.05) is 12.4 Å². The van der Waals surface area contributed by atoms with Gasteiger partial charge in [-0.15, -0.1) is 0 Å². The fraction of sp³-hybridized carbons (Fsp3) is 0.0667. The minimum atomic E-state index is -0.400. The van der Waals surface area contributed by atoms with Crippen LogP contribution >= 0.6 is 0 Å². The van der Waals surface area contributed by atoms with Crippen LogP contribution in [0.3, 0.4) is 0 Å². The van der Waals surface area contributed by atoms with Crippen molar-refractivity contribution in [1.29, 1.82) is 0 Å². The van der Waals surface area contributed by atoms with E-state index in [-0.39, 0.29) is 5.91 Å². The van der Waals surface area contributed by atoms with Gasteiger partial charge in [0.2, 0.25) is 0 Å². The lowest BCUT2D eigenvalue weighted by atomic mass is 10.1. The molecule has 0 atom stereocenters. The topological polar surface area (TPSA) is 80.6 Å². The predicted molar refractivity (Wildman–Crippen MR) is 77.1 cm³/mol. The Bertz CT molecular complexity index is 652. The average Bonchev–Trinajstić information content (AvgIpc) is 2.55. The van der Waals surface area contributed by atoms with Crippen molar-refractivity contribution in [2.45, 2.75) is 0 Å². The average molecular weight is 283 g/mol. The highest BCUT2D eigenvalue weighted by Crippen LogP contribution is 2.04. The molecular formula is C15H13N3O3. The SMILES string of the molecule is COC(=O)c1ccc(C=NNC(=O)c2cccnc2)cc1. The summed E-state index contributed by atoms with van der Waals surface area (Å²) < 4.78 is 4.60. The van der Waals surface area contributed by atoms with Crippen LogP contribution in [-0.4, -0.2) is 30.2 Å². The van der Waals surface area contributed by atoms with E-state index < -0.39 is 5.97 Å². The first-order valence-electron chi connectivity index (χ1n) is 6.12. The first-order chi connectivity index (χ1) is 10.2. The summed E-state index contributed by atoms with van der Waals surface area (Å²) in [5.74, 6) is -0.742. The normalized spacial score (nSPS) is 10.3. The van der Waals surface area contributed by atoms with E-state index in [1.165, 1.54) is 19.5 Å². The summed E-state index contributed by atoms with van der Waals surface area (Å²) in [7, 11) is 1.33. The molecule has 21 heavy (non-hydrogen) atoms. The quantitative estimate of drug-likeness (QED) is 0.525. The summed E-state index contributed by atoms with van der Waals surface area (Å²) in [6, 6.07) is 9.96. The highest BCUT2D eigenvalue weighted by Gasteiger charge is 2.04. The van der Waals surface area contributed by atoms with Gasteiger partial charge in [-0.1, -0.05) is 12.1 Å². The van der Waals surface area contributed by atoms with E-state index in [9.17, 15) is 9.59 Å². The van der Waals surface area contributed by atoms with Gasteiger partial charge in [-0.2, -0.15) is 5.10 Å². The third kappa shape index (κ3) is 3.97. The summed E-state index contributed by atoms with van der Waals surface area (Å²) in [4.78, 5) is 26.8. The monoisotopic (exact) mass is 283 g/mol. The number of nitrogens with zero attached hydrogens (tertiary/aromatic N) is 2. The summed E-state index contributed by atoms with van der Waals surface area (Å²) >= 11 is 0. The van der Waals surface area contributed by atoms with Gasteiger partial charge in [0.1, 0.15) is 0 Å². The van der Waals surface area contributed by atoms with Crippen LogP contribution < -0.4 is 5.43 Å². The molecule has 1 aromatic heterocycles. The van der Waals surface area contributed by atoms with Crippen molar-refractivity contribution >= 4 is 18.1 Å². The predicted octanol–water partition coefficient (Wildman–Crippen LogP) is 1.63. The number of ether oxygens (including phenoxy) is 1. The van der Waals surface area contributed by atoms with E-state index in [2.05, 4.69) is 20.2 Å². The molecule has 0 aliphatic heterocycles. The summed E-state index contributed by atoms with van der Waals surface area (Å²) in [5.41, 5.74) is 4.02. The number of nitrogens with one attached hydrogen (secondary N) is 1. The van der Waals surface area contributed by atoms with Crippen molar-refractivity contribution in [3.63, 3.8) is 0 Å². The number of carbonyl (C=O) groups is 2. The maximum atomic E-state index is 11.7. The third-order valence-electron chi connectivity index (χ3n) is 2.64. The van der Waals surface area contributed by atoms with Gasteiger partial charge < -0.3 is 4.74 Å². The Kier molecular flexibility index (Phi) is 4.76. The van der Waals surface area contributed by atoms with Crippen molar-refractivity contribution in [3.8, 4) is 0 Å². The molecule has 2 rings (SSSR count). The van der Waals surface area contributed by atoms with E-state index in [0.29, 0.717) is 11.1 Å². The number of methoxy groups -OCH3 is 1. The van der Waals surface area contributed by atoms with E-state index in [1.807, 2.05) is 0 Å². The van der Waals surface area contributed by atoms with Crippen LogP contribution in [0.1, 0.15) is 26.3 Å². The number of rotatable bonds is 4. The molecule has 0 saturated carbocycles. The smallest absolute Gasteiger partial charge is 0.337 e. The van der Waals surface area contributed by atoms with E-state index in [4.69, 9.17) is 0 Å². The zero-order chi connectivity index (χ0) is 15.1. The molecule has 0 bridgehead atoms. The molecule has 1 aromatic carbocycles. The standard InChI is InChI=1S/C15H13N3O3/c1-21-15(20)12-6-4-11(5-7-12)9-17-18-14(19)13-3-2-8-16-10-13/h2-10H,1H3,(H,18,19). The Labute approximate surface area is 121 Å². The van der Waals surface area contributed by atoms with Crippen molar-refractivity contribution in [2.24, 2.45) is 5.10 Å². The lowest BCUT2D eigenvalue weighted by molar-refractivity contribution is 0.0600. The maximum Gasteiger partial charge on any atom is 0.337 e. The number of aromatic nitrogens is 1. The van der Waals surface area contributed by atoms with Crippen molar-refractivity contribution < 1.29 is 14.3 Å². The van der Waals surface area contributed by atoms with Crippen LogP contribution in [0.15, 0.2) is 53.9 Å². The minimum absolute atomic E-state index is 0.342. The van der Waals surface area contributed by atoms with Crippen LogP contribution in [0.2, 0.25) is 0 Å². The summed E-state index contributed by atoms with van der Waals surface area (Å²) in [6.07, 6.45) is 4.52. The Morgan fingerprint density at radius 3 is 2.57 bits per heavy atom. The number of benzene rings is 1. The van der Waals surface area contributed by atoms with E-state index in [0.717, 1.165) is 5.56 Å². The van der Waals surface area contributed by atoms with Gasteiger partial charge in [-0.05, 0) is 29.8 Å². The van der Waals surface area contributed by atoms with Gasteiger partial charge in [0.15, 0.2) is 0 Å². The molecule has 1 N–H and O–H groups in total. The molecule has 0 aliphatic carbocycles. The Hall–Kier alpha value is -3.02. The highest BCUT2D eigenvalue weighted by molar-refractivity contribution is 5.94. The molecule has 1 amide bonds. The van der Waals surface area contributed by atoms with Crippen LogP contribution in [0, 0.1) is 0 Å². The minimum Gasteiger partial charge on any atom is -0.465 e. The largest absolute Gasteiger partial charge is 0.465 e. The molecule has 0 unspecified atom stereocenters. The molecule has 2 aromatic rings. The van der Waals surface area contributed by atoms with Gasteiger partial charge in [0.25, 0.3) is 5.91 Å². The van der Waals surface area contributed by atoms with Crippen LogP contribution in [-0.2, 0) is 4.74 Å². The molecule has 1 heterocycles. The van der Waals surface area contributed by atoms with Crippen LogP contribution in [0.25, 0.3) is 0 Å². The second kappa shape index (κ2) is 6.95. The zero-order valence-corrected chi connectivity index (χ0v) is 11.3. The summed E-state index contributed by atoms with van der Waals surface area (Å²) in [6.45, 7) is 0. The highest BCUT2D eigenvalue weighted by atomic mass is 16.5. The fourth-order valence-corrected chi connectivity index (χ4v) is 1.55. The summed E-state index contributed by atoms with van der Waals surface area (Å²) in [5, 5.41) is 3.84. The maximum absolute atomic E-state index is 11.7. The zero-order valence-electron chi connectivity index (χ0n) is 11.3. The molecule has 106 valence electrons. The van der Waals surface area contributed by atoms with Crippen molar-refractivity contribution in [3.05, 3.63) is 65.5 Å². The Balaban J connectivity index is 1.95. The fourth-order valence-electron chi connectivity index (χ4n) is 1.55. The third-order valence-corrected chi connectivity index (χ3v) is 2.64. The number of pyridine rings is 1. The van der Waals surface area contributed by atoms with Gasteiger partial charge in [0.05, 0.1) is 24.5 Å². The Morgan fingerprint density at radius 1 is 1.19 bits per heavy atom. The molecule has 0 saturated heterocycles. The van der Waals surface area contributed by atoms with E-state index >= 15 is 0 Å². The second-order valence-corrected chi connectivity index (χ2v) is 4.05. The lowest BCUT2D eigenvalue weighted by Crippen LogP contribution is -2.17. The molecule has 0 radical (unpaired) electrons. The van der Waals surface area contributed by atoms with Gasteiger partial charge in [-0.25, -0.2) is 10.2 Å². The van der Waals surface area contributed by atoms with Crippen LogP contribution in [0.4, 0.5) is 0 Å². The number of hydrogen-bond donors (Lipinski definition) is 1. The first-order valence-corrected chi connectivity index (χ1v) is 6.12. The van der Waals surface area contributed by atoms with Gasteiger partial charge in [-0.3, -0.25) is 9.78 Å². The molecule has 0 fully saturated rings.